The lowest BCUT2D eigenvalue weighted by Gasteiger charge is -2.37. The second kappa shape index (κ2) is 7.96. The smallest absolute Gasteiger partial charge is 0.271 e. The highest BCUT2D eigenvalue weighted by atomic mass is 32.1. The molecular formula is C17H17N5O4S. The topological polar surface area (TPSA) is 105 Å². The lowest BCUT2D eigenvalue weighted by molar-refractivity contribution is -0.385. The van der Waals surface area contributed by atoms with Crippen LogP contribution < -0.4 is 10.2 Å². The first-order chi connectivity index (χ1) is 12.9. The maximum Gasteiger partial charge on any atom is 0.271 e. The van der Waals surface area contributed by atoms with Crippen molar-refractivity contribution in [2.45, 2.75) is 0 Å². The molecule has 1 N–H and O–H groups in total. The number of anilines is 2. The van der Waals surface area contributed by atoms with Crippen molar-refractivity contribution in [2.24, 2.45) is 0 Å². The minimum atomic E-state index is -0.447. The molecule has 9 nitrogen and oxygen atoms in total. The summed E-state index contributed by atoms with van der Waals surface area (Å²) in [4.78, 5) is 24.9. The number of thiocarbonyl (C=S) groups is 1. The Bertz CT molecular complexity index is 866. The van der Waals surface area contributed by atoms with Crippen molar-refractivity contribution in [2.75, 3.05) is 36.4 Å². The van der Waals surface area contributed by atoms with E-state index in [0.717, 1.165) is 5.69 Å². The van der Waals surface area contributed by atoms with Gasteiger partial charge in [-0.3, -0.25) is 20.2 Å². The number of nitro benzene ring substituents is 2. The third-order valence-corrected chi connectivity index (χ3v) is 4.66. The molecule has 2 aromatic carbocycles. The molecule has 1 aliphatic heterocycles. The molecule has 10 heteroatoms. The Kier molecular flexibility index (Phi) is 5.46. The molecule has 140 valence electrons. The molecule has 2 aromatic rings. The number of benzene rings is 2. The monoisotopic (exact) mass is 387 g/mol. The predicted octanol–water partition coefficient (Wildman–Crippen LogP) is 3.02. The van der Waals surface area contributed by atoms with E-state index in [1.54, 1.807) is 24.3 Å². The van der Waals surface area contributed by atoms with E-state index in [-0.39, 0.29) is 11.4 Å². The number of hydrogen-bond acceptors (Lipinski definition) is 6. The summed E-state index contributed by atoms with van der Waals surface area (Å²) in [5.41, 5.74) is 1.58. The van der Waals surface area contributed by atoms with Crippen molar-refractivity contribution in [3.05, 3.63) is 68.8 Å². The van der Waals surface area contributed by atoms with Crippen LogP contribution >= 0.6 is 12.2 Å². The zero-order valence-corrected chi connectivity index (χ0v) is 15.1. The molecule has 1 saturated heterocycles. The third-order valence-electron chi connectivity index (χ3n) is 4.30. The summed E-state index contributed by atoms with van der Waals surface area (Å²) in [6, 6.07) is 12.7. The summed E-state index contributed by atoms with van der Waals surface area (Å²) < 4.78 is 0. The summed E-state index contributed by atoms with van der Waals surface area (Å²) >= 11 is 5.42. The van der Waals surface area contributed by atoms with Crippen molar-refractivity contribution in [3.8, 4) is 0 Å². The van der Waals surface area contributed by atoms with Crippen LogP contribution in [0.25, 0.3) is 0 Å². The molecule has 0 unspecified atom stereocenters. The number of piperazine rings is 1. The van der Waals surface area contributed by atoms with Crippen LogP contribution in [-0.2, 0) is 0 Å². The van der Waals surface area contributed by atoms with Crippen LogP contribution in [0, 0.1) is 20.2 Å². The molecule has 0 bridgehead atoms. The van der Waals surface area contributed by atoms with Crippen molar-refractivity contribution in [1.29, 1.82) is 0 Å². The second-order valence-corrected chi connectivity index (χ2v) is 6.37. The average molecular weight is 387 g/mol. The molecule has 1 aliphatic rings. The van der Waals surface area contributed by atoms with Gasteiger partial charge in [0, 0.05) is 61.8 Å². The lowest BCUT2D eigenvalue weighted by Crippen LogP contribution is -2.50. The summed E-state index contributed by atoms with van der Waals surface area (Å²) in [5.74, 6) is 0. The summed E-state index contributed by atoms with van der Waals surface area (Å²) in [6.07, 6.45) is 0. The fraction of sp³-hybridized carbons (Fsp3) is 0.235. The van der Waals surface area contributed by atoms with Gasteiger partial charge in [-0.25, -0.2) is 0 Å². The van der Waals surface area contributed by atoms with E-state index in [4.69, 9.17) is 12.2 Å². The maximum absolute atomic E-state index is 10.9. The van der Waals surface area contributed by atoms with Crippen LogP contribution in [0.4, 0.5) is 22.7 Å². The largest absolute Gasteiger partial charge is 0.368 e. The molecule has 0 amide bonds. The molecule has 1 fully saturated rings. The number of non-ortho nitro benzene ring substituents is 2. The van der Waals surface area contributed by atoms with Gasteiger partial charge in [0.05, 0.1) is 9.85 Å². The number of nitrogens with zero attached hydrogens (tertiary/aromatic N) is 4. The highest BCUT2D eigenvalue weighted by Crippen LogP contribution is 2.21. The van der Waals surface area contributed by atoms with E-state index in [2.05, 4.69) is 10.2 Å². The summed E-state index contributed by atoms with van der Waals surface area (Å²) in [7, 11) is 0. The number of rotatable bonds is 4. The van der Waals surface area contributed by atoms with Crippen LogP contribution in [-0.4, -0.2) is 46.0 Å². The zero-order valence-electron chi connectivity index (χ0n) is 14.3. The Labute approximate surface area is 160 Å². The van der Waals surface area contributed by atoms with Crippen LogP contribution in [0.1, 0.15) is 0 Å². The van der Waals surface area contributed by atoms with Gasteiger partial charge in [0.2, 0.25) is 0 Å². The van der Waals surface area contributed by atoms with Crippen LogP contribution in [0.15, 0.2) is 48.5 Å². The fourth-order valence-electron chi connectivity index (χ4n) is 2.85. The Hall–Kier alpha value is -3.27. The molecule has 0 radical (unpaired) electrons. The van der Waals surface area contributed by atoms with Gasteiger partial charge in [0.15, 0.2) is 5.11 Å². The van der Waals surface area contributed by atoms with Crippen molar-refractivity contribution >= 4 is 40.1 Å². The normalized spacial score (nSPS) is 13.9. The quantitative estimate of drug-likeness (QED) is 0.485. The van der Waals surface area contributed by atoms with Crippen molar-refractivity contribution in [1.82, 2.24) is 4.90 Å². The third kappa shape index (κ3) is 4.47. The molecule has 0 aliphatic carbocycles. The van der Waals surface area contributed by atoms with Crippen LogP contribution in [0.5, 0.6) is 0 Å². The molecule has 27 heavy (non-hydrogen) atoms. The van der Waals surface area contributed by atoms with Gasteiger partial charge < -0.3 is 15.1 Å². The zero-order chi connectivity index (χ0) is 19.4. The van der Waals surface area contributed by atoms with Crippen molar-refractivity contribution < 1.29 is 9.85 Å². The highest BCUT2D eigenvalue weighted by molar-refractivity contribution is 7.80. The first-order valence-electron chi connectivity index (χ1n) is 8.24. The molecule has 3 rings (SSSR count). The first kappa shape index (κ1) is 18.5. The molecule has 0 spiro atoms. The van der Waals surface area contributed by atoms with E-state index in [0.29, 0.717) is 37.0 Å². The molecule has 0 saturated carbocycles. The summed E-state index contributed by atoms with van der Waals surface area (Å²) in [6.45, 7) is 2.79. The lowest BCUT2D eigenvalue weighted by atomic mass is 10.2. The molecular weight excluding hydrogens is 370 g/mol. The predicted molar refractivity (Wildman–Crippen MR) is 106 cm³/mol. The average Bonchev–Trinajstić information content (AvgIpc) is 2.68. The van der Waals surface area contributed by atoms with E-state index in [9.17, 15) is 20.2 Å². The van der Waals surface area contributed by atoms with E-state index in [1.807, 2.05) is 4.90 Å². The van der Waals surface area contributed by atoms with E-state index >= 15 is 0 Å². The standard InChI is InChI=1S/C17H17N5O4S/c23-21(24)15-6-4-14(5-7-15)19-8-10-20(11-9-19)17(27)18-13-2-1-3-16(12-13)22(25)26/h1-7,12H,8-11H2,(H,18,27). The SMILES string of the molecule is O=[N+]([O-])c1ccc(N2CCN(C(=S)Nc3cccc([N+](=O)[O-])c3)CC2)cc1. The minimum Gasteiger partial charge on any atom is -0.368 e. The van der Waals surface area contributed by atoms with Gasteiger partial charge in [0.25, 0.3) is 11.4 Å². The van der Waals surface area contributed by atoms with Gasteiger partial charge in [-0.2, -0.15) is 0 Å². The molecule has 0 atom stereocenters. The highest BCUT2D eigenvalue weighted by Gasteiger charge is 2.20. The first-order valence-corrected chi connectivity index (χ1v) is 8.64. The van der Waals surface area contributed by atoms with Gasteiger partial charge in [-0.15, -0.1) is 0 Å². The number of hydrogen-bond donors (Lipinski definition) is 1. The fourth-order valence-corrected chi connectivity index (χ4v) is 3.15. The Balaban J connectivity index is 1.57. The Morgan fingerprint density at radius 3 is 2.15 bits per heavy atom. The van der Waals surface area contributed by atoms with Crippen LogP contribution in [0.3, 0.4) is 0 Å². The van der Waals surface area contributed by atoms with Crippen LogP contribution in [0.2, 0.25) is 0 Å². The Morgan fingerprint density at radius 2 is 1.56 bits per heavy atom. The van der Waals surface area contributed by atoms with Gasteiger partial charge in [0.1, 0.15) is 0 Å². The second-order valence-electron chi connectivity index (χ2n) is 5.99. The van der Waals surface area contributed by atoms with E-state index in [1.165, 1.54) is 24.3 Å². The Morgan fingerprint density at radius 1 is 0.926 bits per heavy atom. The van der Waals surface area contributed by atoms with Gasteiger partial charge in [-0.1, -0.05) is 6.07 Å². The molecule has 1 heterocycles. The maximum atomic E-state index is 10.9. The van der Waals surface area contributed by atoms with Crippen molar-refractivity contribution in [3.63, 3.8) is 0 Å². The number of nitro groups is 2. The number of nitrogens with one attached hydrogen (secondary N) is 1. The molecule has 0 aromatic heterocycles. The minimum absolute atomic E-state index is 0.00536. The van der Waals surface area contributed by atoms with Gasteiger partial charge in [-0.05, 0) is 30.4 Å². The van der Waals surface area contributed by atoms with E-state index < -0.39 is 9.85 Å². The van der Waals surface area contributed by atoms with Gasteiger partial charge >= 0.3 is 0 Å². The summed E-state index contributed by atoms with van der Waals surface area (Å²) in [5, 5.41) is 25.2.